The minimum atomic E-state index is -1.39. The molecule has 0 unspecified atom stereocenters. The standard InChI is InChI=1S/C9H16O7/c10-1-5-6(11)7(12)8(13)9(16-5)15-3-4-2-14-4/h4-13H,1-3H2/t4-,5+,6+,7-,8+,9+/m0/s1. The van der Waals surface area contributed by atoms with Crippen molar-refractivity contribution >= 4 is 0 Å². The number of aliphatic hydroxyl groups is 4. The molecule has 6 atom stereocenters. The Hall–Kier alpha value is -0.280. The molecule has 16 heavy (non-hydrogen) atoms. The van der Waals surface area contributed by atoms with E-state index in [-0.39, 0.29) is 12.7 Å². The van der Waals surface area contributed by atoms with Gasteiger partial charge >= 0.3 is 0 Å². The topological polar surface area (TPSA) is 112 Å². The third-order valence-electron chi connectivity index (χ3n) is 2.70. The molecule has 0 saturated carbocycles. The Morgan fingerprint density at radius 2 is 1.81 bits per heavy atom. The summed E-state index contributed by atoms with van der Waals surface area (Å²) in [7, 11) is 0. The van der Waals surface area contributed by atoms with Crippen LogP contribution in [0.4, 0.5) is 0 Å². The molecule has 2 aliphatic heterocycles. The molecule has 0 radical (unpaired) electrons. The zero-order chi connectivity index (χ0) is 11.7. The molecule has 0 spiro atoms. The molecule has 2 rings (SSSR count). The quantitative estimate of drug-likeness (QED) is 0.390. The molecule has 2 saturated heterocycles. The van der Waals surface area contributed by atoms with Crippen molar-refractivity contribution in [3.05, 3.63) is 0 Å². The summed E-state index contributed by atoms with van der Waals surface area (Å²) in [5.74, 6) is 0. The van der Waals surface area contributed by atoms with Crippen LogP contribution in [0.25, 0.3) is 0 Å². The lowest BCUT2D eigenvalue weighted by atomic mass is 9.99. The van der Waals surface area contributed by atoms with E-state index >= 15 is 0 Å². The largest absolute Gasteiger partial charge is 0.394 e. The molecular weight excluding hydrogens is 220 g/mol. The fourth-order valence-corrected chi connectivity index (χ4v) is 1.57. The van der Waals surface area contributed by atoms with Crippen LogP contribution < -0.4 is 0 Å². The highest BCUT2D eigenvalue weighted by Crippen LogP contribution is 2.23. The van der Waals surface area contributed by atoms with Crippen molar-refractivity contribution in [2.24, 2.45) is 0 Å². The van der Waals surface area contributed by atoms with Gasteiger partial charge in [-0.1, -0.05) is 0 Å². The van der Waals surface area contributed by atoms with E-state index in [4.69, 9.17) is 19.3 Å². The fourth-order valence-electron chi connectivity index (χ4n) is 1.57. The van der Waals surface area contributed by atoms with E-state index in [0.717, 1.165) is 0 Å². The Labute approximate surface area is 92.2 Å². The highest BCUT2D eigenvalue weighted by Gasteiger charge is 2.44. The molecule has 7 heteroatoms. The van der Waals surface area contributed by atoms with Crippen molar-refractivity contribution in [3.63, 3.8) is 0 Å². The lowest BCUT2D eigenvalue weighted by Crippen LogP contribution is -2.59. The maximum Gasteiger partial charge on any atom is 0.186 e. The molecule has 2 aliphatic rings. The zero-order valence-corrected chi connectivity index (χ0v) is 8.60. The van der Waals surface area contributed by atoms with E-state index in [0.29, 0.717) is 6.61 Å². The highest BCUT2D eigenvalue weighted by molar-refractivity contribution is 4.89. The lowest BCUT2D eigenvalue weighted by Gasteiger charge is -2.39. The minimum Gasteiger partial charge on any atom is -0.394 e. The molecule has 0 aliphatic carbocycles. The van der Waals surface area contributed by atoms with E-state index in [1.54, 1.807) is 0 Å². The van der Waals surface area contributed by atoms with Crippen LogP contribution in [-0.2, 0) is 14.2 Å². The summed E-state index contributed by atoms with van der Waals surface area (Å²) in [5.41, 5.74) is 0. The van der Waals surface area contributed by atoms with E-state index in [1.807, 2.05) is 0 Å². The van der Waals surface area contributed by atoms with E-state index in [9.17, 15) is 15.3 Å². The molecule has 94 valence electrons. The number of aliphatic hydroxyl groups excluding tert-OH is 4. The van der Waals surface area contributed by atoms with Crippen molar-refractivity contribution < 1.29 is 34.6 Å². The van der Waals surface area contributed by atoms with Gasteiger partial charge in [-0.2, -0.15) is 0 Å². The van der Waals surface area contributed by atoms with Crippen molar-refractivity contribution in [3.8, 4) is 0 Å². The van der Waals surface area contributed by atoms with Crippen LogP contribution in [0, 0.1) is 0 Å². The van der Waals surface area contributed by atoms with Crippen molar-refractivity contribution in [2.75, 3.05) is 19.8 Å². The van der Waals surface area contributed by atoms with Crippen LogP contribution in [0.5, 0.6) is 0 Å². The first-order chi connectivity index (χ1) is 7.63. The smallest absolute Gasteiger partial charge is 0.186 e. The first-order valence-electron chi connectivity index (χ1n) is 5.17. The van der Waals surface area contributed by atoms with E-state index < -0.39 is 37.3 Å². The third kappa shape index (κ3) is 2.51. The molecule has 0 aromatic carbocycles. The lowest BCUT2D eigenvalue weighted by molar-refractivity contribution is -0.301. The Morgan fingerprint density at radius 1 is 1.12 bits per heavy atom. The summed E-state index contributed by atoms with van der Waals surface area (Å²) >= 11 is 0. The Bertz CT molecular complexity index is 230. The number of hydrogen-bond acceptors (Lipinski definition) is 7. The normalized spacial score (nSPS) is 48.0. The summed E-state index contributed by atoms with van der Waals surface area (Å²) in [5, 5.41) is 37.4. The second kappa shape index (κ2) is 4.92. The predicted molar refractivity (Wildman–Crippen MR) is 49.5 cm³/mol. The minimum absolute atomic E-state index is 0.00682. The van der Waals surface area contributed by atoms with Gasteiger partial charge in [-0.3, -0.25) is 0 Å². The fraction of sp³-hybridized carbons (Fsp3) is 1.00. The van der Waals surface area contributed by atoms with Gasteiger partial charge in [0.15, 0.2) is 6.29 Å². The Balaban J connectivity index is 1.89. The highest BCUT2D eigenvalue weighted by atomic mass is 16.7. The van der Waals surface area contributed by atoms with Crippen molar-refractivity contribution in [2.45, 2.75) is 36.8 Å². The second-order valence-corrected chi connectivity index (χ2v) is 3.99. The summed E-state index contributed by atoms with van der Waals surface area (Å²) in [6.45, 7) is 0.408. The van der Waals surface area contributed by atoms with Gasteiger partial charge in [0.05, 0.1) is 19.8 Å². The molecule has 0 bridgehead atoms. The van der Waals surface area contributed by atoms with Gasteiger partial charge in [-0.05, 0) is 0 Å². The molecule has 4 N–H and O–H groups in total. The van der Waals surface area contributed by atoms with E-state index in [2.05, 4.69) is 0 Å². The molecule has 0 aromatic heterocycles. The number of hydrogen-bond donors (Lipinski definition) is 4. The monoisotopic (exact) mass is 236 g/mol. The van der Waals surface area contributed by atoms with Crippen LogP contribution in [0.15, 0.2) is 0 Å². The van der Waals surface area contributed by atoms with Gasteiger partial charge in [0.1, 0.15) is 30.5 Å². The average Bonchev–Trinajstić information content (AvgIpc) is 3.09. The Kier molecular flexibility index (Phi) is 3.75. The van der Waals surface area contributed by atoms with Crippen LogP contribution >= 0.6 is 0 Å². The molecule has 0 amide bonds. The van der Waals surface area contributed by atoms with Crippen molar-refractivity contribution in [1.82, 2.24) is 0 Å². The van der Waals surface area contributed by atoms with Crippen LogP contribution in [-0.4, -0.2) is 77.1 Å². The first kappa shape index (κ1) is 12.2. The molecule has 0 aromatic rings. The number of ether oxygens (including phenoxy) is 3. The number of rotatable bonds is 4. The average molecular weight is 236 g/mol. The predicted octanol–water partition coefficient (Wildman–Crippen LogP) is -2.80. The van der Waals surface area contributed by atoms with Gasteiger partial charge in [0.25, 0.3) is 0 Å². The zero-order valence-electron chi connectivity index (χ0n) is 8.60. The summed E-state index contributed by atoms with van der Waals surface area (Å²) in [6.07, 6.45) is -6.06. The van der Waals surface area contributed by atoms with Crippen molar-refractivity contribution in [1.29, 1.82) is 0 Å². The summed E-state index contributed by atoms with van der Waals surface area (Å²) in [4.78, 5) is 0. The maximum absolute atomic E-state index is 9.57. The summed E-state index contributed by atoms with van der Waals surface area (Å²) in [6, 6.07) is 0. The molecule has 2 heterocycles. The van der Waals surface area contributed by atoms with Crippen LogP contribution in [0.3, 0.4) is 0 Å². The van der Waals surface area contributed by atoms with E-state index in [1.165, 1.54) is 0 Å². The second-order valence-electron chi connectivity index (χ2n) is 3.99. The molecule has 2 fully saturated rings. The molecular formula is C9H16O7. The number of epoxide rings is 1. The third-order valence-corrected chi connectivity index (χ3v) is 2.70. The maximum atomic E-state index is 9.57. The Morgan fingerprint density at radius 3 is 2.38 bits per heavy atom. The van der Waals surface area contributed by atoms with Gasteiger partial charge in [-0.25, -0.2) is 0 Å². The summed E-state index contributed by atoms with van der Waals surface area (Å²) < 4.78 is 15.2. The van der Waals surface area contributed by atoms with Crippen LogP contribution in [0.2, 0.25) is 0 Å². The van der Waals surface area contributed by atoms with Gasteiger partial charge in [-0.15, -0.1) is 0 Å². The SMILES string of the molecule is OC[C@H]1O[C@@H](OC[C@@H]2CO2)[C@H](O)[C@@H](O)[C@@H]1O. The van der Waals surface area contributed by atoms with Crippen LogP contribution in [0.1, 0.15) is 0 Å². The van der Waals surface area contributed by atoms with Gasteiger partial charge in [0.2, 0.25) is 0 Å². The first-order valence-corrected chi connectivity index (χ1v) is 5.17. The van der Waals surface area contributed by atoms with Gasteiger partial charge in [0, 0.05) is 0 Å². The van der Waals surface area contributed by atoms with Gasteiger partial charge < -0.3 is 34.6 Å². The molecule has 7 nitrogen and oxygen atoms in total.